The number of carbonyl (C=O) groups excluding carboxylic acids is 1. The monoisotopic (exact) mass is 312 g/mol. The first kappa shape index (κ1) is 18.5. The topological polar surface area (TPSA) is 50.4 Å². The van der Waals surface area contributed by atoms with Crippen LogP contribution in [0.4, 0.5) is 13.2 Å². The molecule has 0 spiro atoms. The van der Waals surface area contributed by atoms with Gasteiger partial charge in [-0.2, -0.15) is 13.2 Å². The van der Waals surface area contributed by atoms with Crippen LogP contribution in [0.1, 0.15) is 5.56 Å². The molecule has 0 heterocycles. The predicted octanol–water partition coefficient (Wildman–Crippen LogP) is 1.84. The van der Waals surface area contributed by atoms with E-state index in [4.69, 9.17) is 4.74 Å². The van der Waals surface area contributed by atoms with E-state index < -0.39 is 11.7 Å². The second-order valence-corrected chi connectivity index (χ2v) is 3.75. The standard InChI is InChI=1S/C12H15F3N2O2.ClH/c1-16-8-11(18)17-6-7-19-10-4-2-9(3-5-10)12(13,14)15;/h2-5,16H,6-8H2,1H3,(H,17,18);1H. The number of rotatable bonds is 6. The lowest BCUT2D eigenvalue weighted by atomic mass is 10.2. The number of amides is 1. The van der Waals surface area contributed by atoms with Crippen LogP contribution >= 0.6 is 12.4 Å². The molecule has 1 amide bonds. The van der Waals surface area contributed by atoms with E-state index in [-0.39, 0.29) is 31.5 Å². The Kier molecular flexibility index (Phi) is 8.02. The molecule has 20 heavy (non-hydrogen) atoms. The fourth-order valence-electron chi connectivity index (χ4n) is 1.32. The quantitative estimate of drug-likeness (QED) is 0.788. The molecule has 1 rings (SSSR count). The average Bonchev–Trinajstić information content (AvgIpc) is 2.34. The first-order chi connectivity index (χ1) is 8.93. The first-order valence-corrected chi connectivity index (χ1v) is 5.65. The SMILES string of the molecule is CNCC(=O)NCCOc1ccc(C(F)(F)F)cc1.Cl. The van der Waals surface area contributed by atoms with Gasteiger partial charge in [-0.15, -0.1) is 12.4 Å². The number of ether oxygens (including phenoxy) is 1. The number of nitrogens with one attached hydrogen (secondary N) is 2. The highest BCUT2D eigenvalue weighted by Crippen LogP contribution is 2.30. The Morgan fingerprint density at radius 1 is 1.25 bits per heavy atom. The van der Waals surface area contributed by atoms with Crippen molar-refractivity contribution in [2.75, 3.05) is 26.7 Å². The minimum absolute atomic E-state index is 0. The highest BCUT2D eigenvalue weighted by atomic mass is 35.5. The lowest BCUT2D eigenvalue weighted by Crippen LogP contribution is -2.34. The van der Waals surface area contributed by atoms with Gasteiger partial charge in [0, 0.05) is 0 Å². The maximum absolute atomic E-state index is 12.3. The van der Waals surface area contributed by atoms with Crippen molar-refractivity contribution in [2.45, 2.75) is 6.18 Å². The van der Waals surface area contributed by atoms with Crippen molar-refractivity contribution >= 4 is 18.3 Å². The minimum Gasteiger partial charge on any atom is -0.492 e. The van der Waals surface area contributed by atoms with E-state index in [0.717, 1.165) is 12.1 Å². The molecule has 0 bridgehead atoms. The third-order valence-corrected chi connectivity index (χ3v) is 2.21. The molecule has 0 aliphatic carbocycles. The van der Waals surface area contributed by atoms with E-state index in [0.29, 0.717) is 12.3 Å². The van der Waals surface area contributed by atoms with Gasteiger partial charge in [0.15, 0.2) is 0 Å². The Bertz CT molecular complexity index is 410. The van der Waals surface area contributed by atoms with Crippen LogP contribution < -0.4 is 15.4 Å². The molecule has 1 aromatic carbocycles. The highest BCUT2D eigenvalue weighted by molar-refractivity contribution is 5.85. The zero-order valence-corrected chi connectivity index (χ0v) is 11.6. The Balaban J connectivity index is 0.00000361. The zero-order valence-electron chi connectivity index (χ0n) is 10.8. The van der Waals surface area contributed by atoms with E-state index in [1.165, 1.54) is 12.1 Å². The van der Waals surface area contributed by atoms with Crippen LogP contribution in [0.5, 0.6) is 5.75 Å². The van der Waals surface area contributed by atoms with E-state index in [1.807, 2.05) is 0 Å². The van der Waals surface area contributed by atoms with Crippen molar-refractivity contribution < 1.29 is 22.7 Å². The average molecular weight is 313 g/mol. The summed E-state index contributed by atoms with van der Waals surface area (Å²) < 4.78 is 42.1. The molecule has 0 saturated heterocycles. The van der Waals surface area contributed by atoms with Crippen molar-refractivity contribution in [1.82, 2.24) is 10.6 Å². The summed E-state index contributed by atoms with van der Waals surface area (Å²) in [7, 11) is 1.65. The Morgan fingerprint density at radius 3 is 2.35 bits per heavy atom. The number of alkyl halides is 3. The van der Waals surface area contributed by atoms with Crippen LogP contribution in [0.3, 0.4) is 0 Å². The third-order valence-electron chi connectivity index (χ3n) is 2.21. The second kappa shape index (κ2) is 8.65. The van der Waals surface area contributed by atoms with E-state index >= 15 is 0 Å². The van der Waals surface area contributed by atoms with E-state index in [2.05, 4.69) is 10.6 Å². The number of carbonyl (C=O) groups is 1. The summed E-state index contributed by atoms with van der Waals surface area (Å²) in [6.07, 6.45) is -4.35. The molecular formula is C12H16ClF3N2O2. The lowest BCUT2D eigenvalue weighted by Gasteiger charge is -2.09. The van der Waals surface area contributed by atoms with Crippen LogP contribution in [0.2, 0.25) is 0 Å². The Hall–Kier alpha value is -1.47. The summed E-state index contributed by atoms with van der Waals surface area (Å²) in [5.41, 5.74) is -0.720. The molecule has 4 nitrogen and oxygen atoms in total. The third kappa shape index (κ3) is 6.63. The zero-order chi connectivity index (χ0) is 14.3. The molecule has 114 valence electrons. The number of benzene rings is 1. The normalized spacial score (nSPS) is 10.6. The van der Waals surface area contributed by atoms with Crippen LogP contribution in [-0.4, -0.2) is 32.7 Å². The number of halogens is 4. The van der Waals surface area contributed by atoms with Gasteiger partial charge in [-0.05, 0) is 31.3 Å². The lowest BCUT2D eigenvalue weighted by molar-refractivity contribution is -0.137. The fourth-order valence-corrected chi connectivity index (χ4v) is 1.32. The molecule has 0 atom stereocenters. The molecule has 0 aliphatic rings. The van der Waals surface area contributed by atoms with Gasteiger partial charge in [-0.25, -0.2) is 0 Å². The van der Waals surface area contributed by atoms with Crippen molar-refractivity contribution in [3.8, 4) is 5.75 Å². The highest BCUT2D eigenvalue weighted by Gasteiger charge is 2.29. The van der Waals surface area contributed by atoms with Gasteiger partial charge in [0.25, 0.3) is 0 Å². The molecular weight excluding hydrogens is 297 g/mol. The van der Waals surface area contributed by atoms with Gasteiger partial charge in [0.05, 0.1) is 18.7 Å². The summed E-state index contributed by atoms with van der Waals surface area (Å²) in [4.78, 5) is 11.1. The second-order valence-electron chi connectivity index (χ2n) is 3.75. The van der Waals surface area contributed by atoms with E-state index in [9.17, 15) is 18.0 Å². The Labute approximate surface area is 121 Å². The van der Waals surface area contributed by atoms with Gasteiger partial charge in [-0.1, -0.05) is 0 Å². The number of hydrogen-bond acceptors (Lipinski definition) is 3. The van der Waals surface area contributed by atoms with Crippen molar-refractivity contribution in [3.05, 3.63) is 29.8 Å². The smallest absolute Gasteiger partial charge is 0.416 e. The van der Waals surface area contributed by atoms with Gasteiger partial charge in [-0.3, -0.25) is 4.79 Å². The van der Waals surface area contributed by atoms with Gasteiger partial charge in [0.1, 0.15) is 12.4 Å². The maximum atomic E-state index is 12.3. The molecule has 0 unspecified atom stereocenters. The minimum atomic E-state index is -4.35. The van der Waals surface area contributed by atoms with Crippen LogP contribution in [-0.2, 0) is 11.0 Å². The first-order valence-electron chi connectivity index (χ1n) is 5.65. The van der Waals surface area contributed by atoms with Crippen molar-refractivity contribution in [2.24, 2.45) is 0 Å². The van der Waals surface area contributed by atoms with Crippen molar-refractivity contribution in [1.29, 1.82) is 0 Å². The van der Waals surface area contributed by atoms with Crippen LogP contribution in [0.15, 0.2) is 24.3 Å². The van der Waals surface area contributed by atoms with E-state index in [1.54, 1.807) is 7.05 Å². The molecule has 0 fully saturated rings. The molecule has 8 heteroatoms. The van der Waals surface area contributed by atoms with Gasteiger partial charge < -0.3 is 15.4 Å². The summed E-state index contributed by atoms with van der Waals surface area (Å²) in [6.45, 7) is 0.697. The largest absolute Gasteiger partial charge is 0.492 e. The van der Waals surface area contributed by atoms with Crippen LogP contribution in [0, 0.1) is 0 Å². The number of likely N-dealkylation sites (N-methyl/N-ethyl adjacent to an activating group) is 1. The van der Waals surface area contributed by atoms with Crippen molar-refractivity contribution in [3.63, 3.8) is 0 Å². The molecule has 0 radical (unpaired) electrons. The van der Waals surface area contributed by atoms with Crippen LogP contribution in [0.25, 0.3) is 0 Å². The summed E-state index contributed by atoms with van der Waals surface area (Å²) in [5, 5.41) is 5.27. The summed E-state index contributed by atoms with van der Waals surface area (Å²) in [5.74, 6) is 0.161. The molecule has 0 saturated carbocycles. The Morgan fingerprint density at radius 2 is 1.85 bits per heavy atom. The summed E-state index contributed by atoms with van der Waals surface area (Å²) >= 11 is 0. The number of hydrogen-bond donors (Lipinski definition) is 2. The molecule has 0 aromatic heterocycles. The fraction of sp³-hybridized carbons (Fsp3) is 0.417. The summed E-state index contributed by atoms with van der Waals surface area (Å²) in [6, 6.07) is 4.40. The molecule has 1 aromatic rings. The molecule has 2 N–H and O–H groups in total. The van der Waals surface area contributed by atoms with Gasteiger partial charge >= 0.3 is 6.18 Å². The van der Waals surface area contributed by atoms with Gasteiger partial charge in [0.2, 0.25) is 5.91 Å². The molecule has 0 aliphatic heterocycles. The maximum Gasteiger partial charge on any atom is 0.416 e. The predicted molar refractivity (Wildman–Crippen MR) is 71.1 cm³/mol.